The molecule has 0 aliphatic heterocycles. The summed E-state index contributed by atoms with van der Waals surface area (Å²) in [6, 6.07) is 10.5. The first-order valence-electron chi connectivity index (χ1n) is 9.69. The van der Waals surface area contributed by atoms with Crippen molar-refractivity contribution in [3.05, 3.63) is 77.1 Å². The van der Waals surface area contributed by atoms with Gasteiger partial charge in [-0.1, -0.05) is 29.8 Å². The van der Waals surface area contributed by atoms with Gasteiger partial charge in [0.1, 0.15) is 17.2 Å². The molecule has 0 saturated heterocycles. The molecule has 3 rings (SSSR count). The van der Waals surface area contributed by atoms with E-state index in [4.69, 9.17) is 33.3 Å². The maximum atomic E-state index is 13.8. The number of carbonyl (C=O) groups excluding carboxylic acids is 1. The van der Waals surface area contributed by atoms with E-state index in [9.17, 15) is 9.18 Å². The molecule has 1 aliphatic rings. The number of rotatable bonds is 6. The van der Waals surface area contributed by atoms with E-state index in [0.29, 0.717) is 27.3 Å². The summed E-state index contributed by atoms with van der Waals surface area (Å²) in [6.45, 7) is 1.87. The molecule has 32 heavy (non-hydrogen) atoms. The summed E-state index contributed by atoms with van der Waals surface area (Å²) in [7, 11) is 3.09. The van der Waals surface area contributed by atoms with Gasteiger partial charge >= 0.3 is 0 Å². The summed E-state index contributed by atoms with van der Waals surface area (Å²) in [5.41, 5.74) is 0.339. The van der Waals surface area contributed by atoms with E-state index in [1.54, 1.807) is 31.4 Å². The van der Waals surface area contributed by atoms with Crippen molar-refractivity contribution >= 4 is 46.2 Å². The van der Waals surface area contributed by atoms with Gasteiger partial charge in [0.25, 0.3) is 5.91 Å². The fourth-order valence-electron chi connectivity index (χ4n) is 3.03. The van der Waals surface area contributed by atoms with Crippen molar-refractivity contribution in [3.63, 3.8) is 0 Å². The lowest BCUT2D eigenvalue weighted by Crippen LogP contribution is -2.39. The van der Waals surface area contributed by atoms with Crippen LogP contribution in [0.3, 0.4) is 0 Å². The molecule has 0 spiro atoms. The molecule has 2 unspecified atom stereocenters. The topological polar surface area (TPSA) is 71.6 Å². The van der Waals surface area contributed by atoms with E-state index in [2.05, 4.69) is 16.0 Å². The summed E-state index contributed by atoms with van der Waals surface area (Å²) < 4.78 is 24.7. The van der Waals surface area contributed by atoms with E-state index < -0.39 is 17.3 Å². The van der Waals surface area contributed by atoms with Crippen molar-refractivity contribution in [3.8, 4) is 5.75 Å². The maximum Gasteiger partial charge on any atom is 0.258 e. The molecular formula is C23H23ClFN3O3S. The van der Waals surface area contributed by atoms with Gasteiger partial charge < -0.3 is 25.4 Å². The van der Waals surface area contributed by atoms with Crippen LogP contribution in [0.2, 0.25) is 0 Å². The van der Waals surface area contributed by atoms with E-state index in [-0.39, 0.29) is 11.6 Å². The third kappa shape index (κ3) is 5.45. The van der Waals surface area contributed by atoms with Gasteiger partial charge in [0.05, 0.1) is 29.4 Å². The number of anilines is 2. The molecule has 0 fully saturated rings. The van der Waals surface area contributed by atoms with Crippen LogP contribution in [0.4, 0.5) is 15.8 Å². The highest BCUT2D eigenvalue weighted by molar-refractivity contribution is 7.80. The zero-order chi connectivity index (χ0) is 23.3. The minimum atomic E-state index is -0.652. The van der Waals surface area contributed by atoms with Crippen LogP contribution in [0.15, 0.2) is 65.7 Å². The molecule has 0 saturated carbocycles. The second kappa shape index (κ2) is 10.1. The Balaban J connectivity index is 1.66. The Morgan fingerprint density at radius 3 is 2.59 bits per heavy atom. The van der Waals surface area contributed by atoms with Gasteiger partial charge in [0.2, 0.25) is 0 Å². The third-order valence-electron chi connectivity index (χ3n) is 4.97. The number of ether oxygens (including phenoxy) is 2. The molecule has 0 radical (unpaired) electrons. The molecule has 0 aromatic heterocycles. The molecule has 1 amide bonds. The molecule has 2 atom stereocenters. The average molecular weight is 476 g/mol. The van der Waals surface area contributed by atoms with E-state index >= 15 is 0 Å². The standard InChI is InChI=1S/C23H23ClFN3O3S/c1-23(31-3)11-10-15(13-20(23)24)27-22(32)28-18-9-8-14(12-19(18)30-2)26-21(29)16-6-4-5-7-17(16)25/h4-13,15H,1-3H3,(H,26,29)(H2,27,28,32). The van der Waals surface area contributed by atoms with Crippen LogP contribution < -0.4 is 20.7 Å². The van der Waals surface area contributed by atoms with Crippen LogP contribution in [-0.4, -0.2) is 36.9 Å². The normalized spacial score (nSPS) is 19.7. The largest absolute Gasteiger partial charge is 0.494 e. The monoisotopic (exact) mass is 475 g/mol. The summed E-state index contributed by atoms with van der Waals surface area (Å²) >= 11 is 11.7. The zero-order valence-corrected chi connectivity index (χ0v) is 19.3. The average Bonchev–Trinajstić information content (AvgIpc) is 2.77. The molecule has 2 aromatic carbocycles. The number of methoxy groups -OCH3 is 2. The predicted molar refractivity (Wildman–Crippen MR) is 129 cm³/mol. The number of nitrogens with one attached hydrogen (secondary N) is 3. The van der Waals surface area contributed by atoms with Gasteiger partial charge in [0.15, 0.2) is 5.11 Å². The van der Waals surface area contributed by atoms with Crippen LogP contribution in [0.25, 0.3) is 0 Å². The fraction of sp³-hybridized carbons (Fsp3) is 0.217. The van der Waals surface area contributed by atoms with Crippen LogP contribution in [0.5, 0.6) is 5.75 Å². The first-order valence-corrected chi connectivity index (χ1v) is 10.5. The second-order valence-corrected chi connectivity index (χ2v) is 7.97. The van der Waals surface area contributed by atoms with Crippen molar-refractivity contribution in [2.75, 3.05) is 24.9 Å². The molecule has 0 heterocycles. The Morgan fingerprint density at radius 2 is 1.94 bits per heavy atom. The van der Waals surface area contributed by atoms with Crippen molar-refractivity contribution in [2.24, 2.45) is 0 Å². The Kier molecular flexibility index (Phi) is 7.50. The first-order chi connectivity index (χ1) is 15.3. The molecule has 168 valence electrons. The van der Waals surface area contributed by atoms with Crippen molar-refractivity contribution in [1.29, 1.82) is 0 Å². The molecule has 3 N–H and O–H groups in total. The van der Waals surface area contributed by atoms with Gasteiger partial charge in [-0.3, -0.25) is 4.79 Å². The SMILES string of the molecule is COc1cc(NC(=O)c2ccccc2F)ccc1NC(=S)NC1C=CC(C)(OC)C(Cl)=C1. The maximum absolute atomic E-state index is 13.8. The quantitative estimate of drug-likeness (QED) is 0.410. The van der Waals surface area contributed by atoms with Gasteiger partial charge in [-0.2, -0.15) is 0 Å². The van der Waals surface area contributed by atoms with E-state index in [1.807, 2.05) is 25.2 Å². The Bertz CT molecular complexity index is 1090. The third-order valence-corrected chi connectivity index (χ3v) is 5.69. The van der Waals surface area contributed by atoms with Crippen LogP contribution >= 0.6 is 23.8 Å². The lowest BCUT2D eigenvalue weighted by atomic mass is 9.97. The minimum Gasteiger partial charge on any atom is -0.494 e. The number of hydrogen-bond donors (Lipinski definition) is 3. The van der Waals surface area contributed by atoms with Gasteiger partial charge in [-0.15, -0.1) is 0 Å². The summed E-state index contributed by atoms with van der Waals surface area (Å²) in [4.78, 5) is 12.3. The molecular weight excluding hydrogens is 453 g/mol. The number of benzene rings is 2. The predicted octanol–water partition coefficient (Wildman–Crippen LogP) is 4.84. The number of amides is 1. The summed E-state index contributed by atoms with van der Waals surface area (Å²) in [5.74, 6) is -0.706. The molecule has 9 heteroatoms. The minimum absolute atomic E-state index is 0.0455. The van der Waals surface area contributed by atoms with Gasteiger partial charge in [-0.05, 0) is 55.6 Å². The molecule has 1 aliphatic carbocycles. The Morgan fingerprint density at radius 1 is 1.19 bits per heavy atom. The molecule has 0 bridgehead atoms. The number of thiocarbonyl (C=S) groups is 1. The number of carbonyl (C=O) groups is 1. The van der Waals surface area contributed by atoms with Gasteiger partial charge in [-0.25, -0.2) is 4.39 Å². The highest BCUT2D eigenvalue weighted by Crippen LogP contribution is 2.30. The van der Waals surface area contributed by atoms with Crippen LogP contribution in [0, 0.1) is 5.82 Å². The van der Waals surface area contributed by atoms with Crippen molar-refractivity contribution in [1.82, 2.24) is 5.32 Å². The van der Waals surface area contributed by atoms with Crippen LogP contribution in [-0.2, 0) is 4.74 Å². The Labute approximate surface area is 196 Å². The second-order valence-electron chi connectivity index (χ2n) is 7.16. The summed E-state index contributed by atoms with van der Waals surface area (Å²) in [5, 5.41) is 9.76. The van der Waals surface area contributed by atoms with Crippen molar-refractivity contribution < 1.29 is 18.7 Å². The van der Waals surface area contributed by atoms with Crippen molar-refractivity contribution in [2.45, 2.75) is 18.6 Å². The van der Waals surface area contributed by atoms with E-state index in [0.717, 1.165) is 0 Å². The summed E-state index contributed by atoms with van der Waals surface area (Å²) in [6.07, 6.45) is 5.59. The number of halogens is 2. The fourth-order valence-corrected chi connectivity index (χ4v) is 3.55. The Hall–Kier alpha value is -2.94. The number of hydrogen-bond acceptors (Lipinski definition) is 4. The first kappa shape index (κ1) is 23.7. The van der Waals surface area contributed by atoms with Crippen LogP contribution in [0.1, 0.15) is 17.3 Å². The zero-order valence-electron chi connectivity index (χ0n) is 17.7. The lowest BCUT2D eigenvalue weighted by Gasteiger charge is -2.29. The van der Waals surface area contributed by atoms with E-state index in [1.165, 1.54) is 25.3 Å². The smallest absolute Gasteiger partial charge is 0.258 e. The molecule has 2 aromatic rings. The highest BCUT2D eigenvalue weighted by atomic mass is 35.5. The lowest BCUT2D eigenvalue weighted by molar-refractivity contribution is 0.0848. The highest BCUT2D eigenvalue weighted by Gasteiger charge is 2.28. The van der Waals surface area contributed by atoms with Gasteiger partial charge in [0, 0.05) is 18.9 Å². The molecule has 6 nitrogen and oxygen atoms in total.